The van der Waals surface area contributed by atoms with Gasteiger partial charge in [0.05, 0.1) is 12.5 Å². The molecule has 0 fully saturated rings. The van der Waals surface area contributed by atoms with Crippen molar-refractivity contribution in [2.75, 3.05) is 13.2 Å². The molecule has 0 radical (unpaired) electrons. The zero-order chi connectivity index (χ0) is 13.7. The highest BCUT2D eigenvalue weighted by Crippen LogP contribution is 2.21. The van der Waals surface area contributed by atoms with Crippen molar-refractivity contribution < 1.29 is 14.3 Å². The number of hydrogen-bond acceptors (Lipinski definition) is 4. The summed E-state index contributed by atoms with van der Waals surface area (Å²) in [6.07, 6.45) is 0.758. The van der Waals surface area contributed by atoms with Crippen LogP contribution in [0.15, 0.2) is 5.10 Å². The zero-order valence-electron chi connectivity index (χ0n) is 11.6. The Hall–Kier alpha value is -1.39. The van der Waals surface area contributed by atoms with Crippen LogP contribution in [0.3, 0.4) is 0 Å². The van der Waals surface area contributed by atoms with Gasteiger partial charge in [-0.1, -0.05) is 13.8 Å². The number of carbonyl (C=O) groups is 2. The first-order valence-electron chi connectivity index (χ1n) is 6.47. The van der Waals surface area contributed by atoms with Gasteiger partial charge in [-0.25, -0.2) is 5.01 Å². The molecular formula is C13H22N2O3. The number of hydrogen-bond donors (Lipinski definition) is 0. The summed E-state index contributed by atoms with van der Waals surface area (Å²) < 4.78 is 4.86. The topological polar surface area (TPSA) is 59.0 Å². The normalized spacial score (nSPS) is 19.4. The van der Waals surface area contributed by atoms with Crippen LogP contribution in [0.2, 0.25) is 0 Å². The SMILES string of the molecule is CCOC(=O)CCC1C(=O)N(CC(C)C)N=C1C. The Labute approximate surface area is 108 Å². The van der Waals surface area contributed by atoms with E-state index in [0.717, 1.165) is 5.71 Å². The monoisotopic (exact) mass is 254 g/mol. The van der Waals surface area contributed by atoms with E-state index < -0.39 is 0 Å². The van der Waals surface area contributed by atoms with Crippen LogP contribution < -0.4 is 0 Å². The van der Waals surface area contributed by atoms with E-state index in [9.17, 15) is 9.59 Å². The third-order valence-electron chi connectivity index (χ3n) is 2.82. The van der Waals surface area contributed by atoms with Crippen molar-refractivity contribution >= 4 is 17.6 Å². The molecule has 0 aromatic rings. The summed E-state index contributed by atoms with van der Waals surface area (Å²) in [5.41, 5.74) is 0.796. The predicted molar refractivity (Wildman–Crippen MR) is 69.0 cm³/mol. The summed E-state index contributed by atoms with van der Waals surface area (Å²) >= 11 is 0. The fraction of sp³-hybridized carbons (Fsp3) is 0.769. The summed E-state index contributed by atoms with van der Waals surface area (Å²) in [5, 5.41) is 5.79. The molecule has 0 aromatic carbocycles. The van der Waals surface area contributed by atoms with Crippen LogP contribution in [0.4, 0.5) is 0 Å². The number of carbonyl (C=O) groups excluding carboxylic acids is 2. The molecule has 0 aromatic heterocycles. The Morgan fingerprint density at radius 3 is 2.72 bits per heavy atom. The summed E-state index contributed by atoms with van der Waals surface area (Å²) in [5.74, 6) is -0.117. The summed E-state index contributed by atoms with van der Waals surface area (Å²) in [7, 11) is 0. The van der Waals surface area contributed by atoms with E-state index in [1.807, 2.05) is 20.8 Å². The Balaban J connectivity index is 2.51. The highest BCUT2D eigenvalue weighted by Gasteiger charge is 2.33. The third kappa shape index (κ3) is 3.82. The number of hydrazone groups is 1. The Kier molecular flexibility index (Phi) is 5.31. The van der Waals surface area contributed by atoms with E-state index in [2.05, 4.69) is 5.10 Å². The molecule has 1 amide bonds. The fourth-order valence-corrected chi connectivity index (χ4v) is 1.97. The maximum atomic E-state index is 12.1. The standard InChI is InChI=1S/C13H22N2O3/c1-5-18-12(16)7-6-11-10(4)14-15(13(11)17)8-9(2)3/h9,11H,5-8H2,1-4H3. The first-order chi connectivity index (χ1) is 8.45. The Morgan fingerprint density at radius 2 is 2.17 bits per heavy atom. The van der Waals surface area contributed by atoms with Gasteiger partial charge in [0.1, 0.15) is 0 Å². The Bertz CT molecular complexity index is 350. The van der Waals surface area contributed by atoms with E-state index in [4.69, 9.17) is 4.74 Å². The molecule has 1 aliphatic heterocycles. The van der Waals surface area contributed by atoms with Gasteiger partial charge in [0.2, 0.25) is 0 Å². The quantitative estimate of drug-likeness (QED) is 0.679. The number of ether oxygens (including phenoxy) is 1. The highest BCUT2D eigenvalue weighted by molar-refractivity contribution is 6.07. The van der Waals surface area contributed by atoms with E-state index in [1.165, 1.54) is 5.01 Å². The molecule has 0 saturated carbocycles. The molecule has 18 heavy (non-hydrogen) atoms. The van der Waals surface area contributed by atoms with E-state index in [1.54, 1.807) is 6.92 Å². The van der Waals surface area contributed by atoms with Gasteiger partial charge >= 0.3 is 5.97 Å². The Morgan fingerprint density at radius 1 is 1.50 bits per heavy atom. The van der Waals surface area contributed by atoms with Crippen molar-refractivity contribution in [3.63, 3.8) is 0 Å². The van der Waals surface area contributed by atoms with Crippen molar-refractivity contribution in [2.24, 2.45) is 16.9 Å². The highest BCUT2D eigenvalue weighted by atomic mass is 16.5. The van der Waals surface area contributed by atoms with Crippen LogP contribution in [0.5, 0.6) is 0 Å². The third-order valence-corrected chi connectivity index (χ3v) is 2.82. The number of esters is 1. The zero-order valence-corrected chi connectivity index (χ0v) is 11.6. The second kappa shape index (κ2) is 6.52. The second-order valence-corrected chi connectivity index (χ2v) is 4.95. The molecular weight excluding hydrogens is 232 g/mol. The largest absolute Gasteiger partial charge is 0.466 e. The molecule has 0 aliphatic carbocycles. The maximum Gasteiger partial charge on any atom is 0.305 e. The first-order valence-corrected chi connectivity index (χ1v) is 6.47. The molecule has 1 atom stereocenters. The van der Waals surface area contributed by atoms with Crippen molar-refractivity contribution in [1.82, 2.24) is 5.01 Å². The number of amides is 1. The lowest BCUT2D eigenvalue weighted by Crippen LogP contribution is -2.30. The predicted octanol–water partition coefficient (Wildman–Crippen LogP) is 1.82. The number of nitrogens with zero attached hydrogens (tertiary/aromatic N) is 2. The molecule has 5 heteroatoms. The van der Waals surface area contributed by atoms with E-state index >= 15 is 0 Å². The first kappa shape index (κ1) is 14.7. The molecule has 1 heterocycles. The van der Waals surface area contributed by atoms with E-state index in [-0.39, 0.29) is 24.2 Å². The van der Waals surface area contributed by atoms with E-state index in [0.29, 0.717) is 25.5 Å². The smallest absolute Gasteiger partial charge is 0.305 e. The van der Waals surface area contributed by atoms with Gasteiger partial charge in [-0.3, -0.25) is 9.59 Å². The molecule has 1 rings (SSSR count). The summed E-state index contributed by atoms with van der Waals surface area (Å²) in [6.45, 7) is 8.72. The number of rotatable bonds is 6. The molecule has 102 valence electrons. The fourth-order valence-electron chi connectivity index (χ4n) is 1.97. The van der Waals surface area contributed by atoms with Crippen LogP contribution in [0.1, 0.15) is 40.5 Å². The lowest BCUT2D eigenvalue weighted by atomic mass is 9.98. The summed E-state index contributed by atoms with van der Waals surface area (Å²) in [6, 6.07) is 0. The van der Waals surface area contributed by atoms with Gasteiger partial charge in [0, 0.05) is 18.7 Å². The van der Waals surface area contributed by atoms with Crippen molar-refractivity contribution in [2.45, 2.75) is 40.5 Å². The molecule has 5 nitrogen and oxygen atoms in total. The average Bonchev–Trinajstić information content (AvgIpc) is 2.52. The van der Waals surface area contributed by atoms with Crippen molar-refractivity contribution in [1.29, 1.82) is 0 Å². The van der Waals surface area contributed by atoms with Crippen LogP contribution in [-0.2, 0) is 14.3 Å². The van der Waals surface area contributed by atoms with Crippen molar-refractivity contribution in [3.8, 4) is 0 Å². The van der Waals surface area contributed by atoms with Gasteiger partial charge < -0.3 is 4.74 Å². The van der Waals surface area contributed by atoms with Crippen LogP contribution in [0.25, 0.3) is 0 Å². The minimum absolute atomic E-state index is 0.00509. The molecule has 0 saturated heterocycles. The van der Waals surface area contributed by atoms with Crippen LogP contribution >= 0.6 is 0 Å². The molecule has 0 spiro atoms. The molecule has 1 aliphatic rings. The van der Waals surface area contributed by atoms with Gasteiger partial charge in [-0.2, -0.15) is 5.10 Å². The molecule has 1 unspecified atom stereocenters. The molecule has 0 N–H and O–H groups in total. The van der Waals surface area contributed by atoms with Crippen LogP contribution in [-0.4, -0.2) is 35.7 Å². The minimum atomic E-state index is -0.256. The summed E-state index contributed by atoms with van der Waals surface area (Å²) in [4.78, 5) is 23.4. The van der Waals surface area contributed by atoms with Crippen molar-refractivity contribution in [3.05, 3.63) is 0 Å². The van der Waals surface area contributed by atoms with Gasteiger partial charge in [0.25, 0.3) is 5.91 Å². The lowest BCUT2D eigenvalue weighted by molar-refractivity contribution is -0.143. The molecule has 0 bridgehead atoms. The maximum absolute atomic E-state index is 12.1. The minimum Gasteiger partial charge on any atom is -0.466 e. The lowest BCUT2D eigenvalue weighted by Gasteiger charge is -2.16. The van der Waals surface area contributed by atoms with Gasteiger partial charge in [0.15, 0.2) is 0 Å². The van der Waals surface area contributed by atoms with Crippen LogP contribution in [0, 0.1) is 11.8 Å². The second-order valence-electron chi connectivity index (χ2n) is 4.95. The van der Waals surface area contributed by atoms with Gasteiger partial charge in [-0.15, -0.1) is 0 Å². The average molecular weight is 254 g/mol. The van der Waals surface area contributed by atoms with Gasteiger partial charge in [-0.05, 0) is 26.2 Å².